The fraction of sp³-hybridized carbons (Fsp3) is 0.250. The van der Waals surface area contributed by atoms with Crippen molar-refractivity contribution in [2.75, 3.05) is 13.7 Å². The summed E-state index contributed by atoms with van der Waals surface area (Å²) < 4.78 is 6.75. The normalized spacial score (nSPS) is 10.7. The van der Waals surface area contributed by atoms with Gasteiger partial charge in [-0.25, -0.2) is 0 Å². The van der Waals surface area contributed by atoms with E-state index in [0.717, 1.165) is 16.8 Å². The maximum absolute atomic E-state index is 12.6. The highest BCUT2D eigenvalue weighted by Crippen LogP contribution is 2.27. The van der Waals surface area contributed by atoms with Gasteiger partial charge < -0.3 is 14.6 Å². The number of hydrogen-bond acceptors (Lipinski definition) is 3. The third-order valence-corrected chi connectivity index (χ3v) is 5.00. The first-order chi connectivity index (χ1) is 14.1. The molecule has 5 heteroatoms. The van der Waals surface area contributed by atoms with E-state index in [1.54, 1.807) is 4.57 Å². The zero-order chi connectivity index (χ0) is 20.6. The monoisotopic (exact) mass is 390 g/mol. The molecule has 0 fully saturated rings. The SMILES string of the molecule is COc1cc(C)n(CCNC(=O)CC(c2ccccc2)c2ccccc2)c(=O)c1. The lowest BCUT2D eigenvalue weighted by Gasteiger charge is -2.18. The number of rotatable bonds is 8. The quantitative estimate of drug-likeness (QED) is 0.640. The summed E-state index contributed by atoms with van der Waals surface area (Å²) >= 11 is 0. The Balaban J connectivity index is 1.65. The average molecular weight is 390 g/mol. The Labute approximate surface area is 171 Å². The minimum atomic E-state index is -0.137. The first-order valence-corrected chi connectivity index (χ1v) is 9.70. The molecule has 0 atom stereocenters. The molecular formula is C24H26N2O3. The van der Waals surface area contributed by atoms with Gasteiger partial charge >= 0.3 is 0 Å². The standard InChI is InChI=1S/C24H26N2O3/c1-18-15-21(29-2)16-24(28)26(18)14-13-25-23(27)17-22(19-9-5-3-6-10-19)20-11-7-4-8-12-20/h3-12,15-16,22H,13-14,17H2,1-2H3,(H,25,27). The Hall–Kier alpha value is -3.34. The zero-order valence-electron chi connectivity index (χ0n) is 16.8. The van der Waals surface area contributed by atoms with Gasteiger partial charge in [-0.3, -0.25) is 9.59 Å². The van der Waals surface area contributed by atoms with Crippen molar-refractivity contribution in [1.29, 1.82) is 0 Å². The molecule has 150 valence electrons. The lowest BCUT2D eigenvalue weighted by atomic mass is 9.88. The summed E-state index contributed by atoms with van der Waals surface area (Å²) in [7, 11) is 1.54. The van der Waals surface area contributed by atoms with Gasteiger partial charge in [0.05, 0.1) is 7.11 Å². The van der Waals surface area contributed by atoms with Crippen molar-refractivity contribution in [2.24, 2.45) is 0 Å². The highest BCUT2D eigenvalue weighted by atomic mass is 16.5. The summed E-state index contributed by atoms with van der Waals surface area (Å²) in [6.45, 7) is 2.66. The van der Waals surface area contributed by atoms with Gasteiger partial charge in [-0.1, -0.05) is 60.7 Å². The van der Waals surface area contributed by atoms with Crippen LogP contribution in [0, 0.1) is 6.92 Å². The van der Waals surface area contributed by atoms with Crippen LogP contribution in [0.1, 0.15) is 29.2 Å². The average Bonchev–Trinajstić information content (AvgIpc) is 2.75. The van der Waals surface area contributed by atoms with Crippen molar-refractivity contribution in [2.45, 2.75) is 25.8 Å². The van der Waals surface area contributed by atoms with Crippen LogP contribution in [-0.4, -0.2) is 24.1 Å². The van der Waals surface area contributed by atoms with Gasteiger partial charge in [0.1, 0.15) is 5.75 Å². The number of ether oxygens (including phenoxy) is 1. The summed E-state index contributed by atoms with van der Waals surface area (Å²) in [5, 5.41) is 2.95. The molecule has 0 aliphatic heterocycles. The van der Waals surface area contributed by atoms with Gasteiger partial charge in [-0.05, 0) is 24.1 Å². The Morgan fingerprint density at radius 2 is 1.59 bits per heavy atom. The van der Waals surface area contributed by atoms with Gasteiger partial charge in [-0.2, -0.15) is 0 Å². The van der Waals surface area contributed by atoms with E-state index in [4.69, 9.17) is 4.74 Å². The second kappa shape index (κ2) is 9.73. The smallest absolute Gasteiger partial charge is 0.254 e. The molecule has 0 spiro atoms. The van der Waals surface area contributed by atoms with Crippen LogP contribution in [0.15, 0.2) is 77.6 Å². The van der Waals surface area contributed by atoms with Crippen LogP contribution >= 0.6 is 0 Å². The van der Waals surface area contributed by atoms with E-state index in [9.17, 15) is 9.59 Å². The van der Waals surface area contributed by atoms with Gasteiger partial charge in [-0.15, -0.1) is 0 Å². The molecule has 2 aromatic carbocycles. The maximum atomic E-state index is 12.6. The van der Waals surface area contributed by atoms with Crippen molar-refractivity contribution >= 4 is 5.91 Å². The van der Waals surface area contributed by atoms with Crippen molar-refractivity contribution in [1.82, 2.24) is 9.88 Å². The van der Waals surface area contributed by atoms with E-state index >= 15 is 0 Å². The van der Waals surface area contributed by atoms with Crippen molar-refractivity contribution in [3.05, 3.63) is 100.0 Å². The molecule has 1 heterocycles. The van der Waals surface area contributed by atoms with Crippen molar-refractivity contribution in [3.63, 3.8) is 0 Å². The highest BCUT2D eigenvalue weighted by molar-refractivity contribution is 5.77. The molecule has 0 bridgehead atoms. The van der Waals surface area contributed by atoms with Crippen LogP contribution in [0.4, 0.5) is 0 Å². The Bertz CT molecular complexity index is 958. The first kappa shape index (κ1) is 20.4. The zero-order valence-corrected chi connectivity index (χ0v) is 16.8. The molecule has 3 aromatic rings. The van der Waals surface area contributed by atoms with E-state index < -0.39 is 0 Å². The van der Waals surface area contributed by atoms with Crippen LogP contribution in [0.5, 0.6) is 5.75 Å². The number of hydrogen-bond donors (Lipinski definition) is 1. The number of aryl methyl sites for hydroxylation is 1. The van der Waals surface area contributed by atoms with Crippen LogP contribution in [0.3, 0.4) is 0 Å². The second-order valence-corrected chi connectivity index (χ2v) is 6.95. The second-order valence-electron chi connectivity index (χ2n) is 6.95. The van der Waals surface area contributed by atoms with Crippen molar-refractivity contribution < 1.29 is 9.53 Å². The summed E-state index contributed by atoms with van der Waals surface area (Å²) in [5.41, 5.74) is 2.88. The predicted octanol–water partition coefficient (Wildman–Crippen LogP) is 3.50. The van der Waals surface area contributed by atoms with Gasteiger partial charge in [0.25, 0.3) is 5.56 Å². The van der Waals surface area contributed by atoms with E-state index in [1.165, 1.54) is 13.2 Å². The fourth-order valence-corrected chi connectivity index (χ4v) is 3.47. The third-order valence-electron chi connectivity index (χ3n) is 5.00. The summed E-state index contributed by atoms with van der Waals surface area (Å²) in [6, 6.07) is 23.3. The molecule has 1 N–H and O–H groups in total. The number of methoxy groups -OCH3 is 1. The maximum Gasteiger partial charge on any atom is 0.254 e. The summed E-state index contributed by atoms with van der Waals surface area (Å²) in [6.07, 6.45) is 0.352. The molecule has 1 aromatic heterocycles. The fourth-order valence-electron chi connectivity index (χ4n) is 3.47. The largest absolute Gasteiger partial charge is 0.496 e. The number of pyridine rings is 1. The number of carbonyl (C=O) groups is 1. The number of nitrogens with zero attached hydrogens (tertiary/aromatic N) is 1. The van der Waals surface area contributed by atoms with E-state index in [0.29, 0.717) is 25.3 Å². The Kier molecular flexibility index (Phi) is 6.85. The highest BCUT2D eigenvalue weighted by Gasteiger charge is 2.18. The van der Waals surface area contributed by atoms with Gasteiger partial charge in [0.15, 0.2) is 0 Å². The van der Waals surface area contributed by atoms with E-state index in [-0.39, 0.29) is 17.4 Å². The molecule has 0 aliphatic carbocycles. The van der Waals surface area contributed by atoms with Crippen molar-refractivity contribution in [3.8, 4) is 5.75 Å². The predicted molar refractivity (Wildman–Crippen MR) is 114 cm³/mol. The number of aromatic nitrogens is 1. The minimum Gasteiger partial charge on any atom is -0.496 e. The number of benzene rings is 2. The first-order valence-electron chi connectivity index (χ1n) is 9.70. The summed E-state index contributed by atoms with van der Waals surface area (Å²) in [5.74, 6) is 0.492. The van der Waals surface area contributed by atoms with Gasteiger partial charge in [0, 0.05) is 37.2 Å². The van der Waals surface area contributed by atoms with E-state index in [1.807, 2.05) is 73.7 Å². The lowest BCUT2D eigenvalue weighted by molar-refractivity contribution is -0.121. The summed E-state index contributed by atoms with van der Waals surface area (Å²) in [4.78, 5) is 24.9. The lowest BCUT2D eigenvalue weighted by Crippen LogP contribution is -2.32. The molecule has 5 nitrogen and oxygen atoms in total. The van der Waals surface area contributed by atoms with E-state index in [2.05, 4.69) is 5.32 Å². The number of carbonyl (C=O) groups excluding carboxylic acids is 1. The molecule has 0 saturated heterocycles. The molecule has 0 radical (unpaired) electrons. The van der Waals surface area contributed by atoms with Crippen LogP contribution in [0.25, 0.3) is 0 Å². The molecule has 0 aliphatic rings. The van der Waals surface area contributed by atoms with Crippen LogP contribution < -0.4 is 15.6 Å². The minimum absolute atomic E-state index is 0.0113. The number of amides is 1. The molecule has 0 unspecified atom stereocenters. The van der Waals surface area contributed by atoms with Crippen LogP contribution in [-0.2, 0) is 11.3 Å². The molecule has 0 saturated carbocycles. The Morgan fingerprint density at radius 3 is 2.10 bits per heavy atom. The number of nitrogens with one attached hydrogen (secondary N) is 1. The third kappa shape index (κ3) is 5.35. The molecule has 3 rings (SSSR count). The molecule has 29 heavy (non-hydrogen) atoms. The van der Waals surface area contributed by atoms with Crippen LogP contribution in [0.2, 0.25) is 0 Å². The topological polar surface area (TPSA) is 60.3 Å². The Morgan fingerprint density at radius 1 is 1.00 bits per heavy atom. The molecule has 1 amide bonds. The molecular weight excluding hydrogens is 364 g/mol. The van der Waals surface area contributed by atoms with Gasteiger partial charge in [0.2, 0.25) is 5.91 Å².